The zero-order valence-electron chi connectivity index (χ0n) is 12.7. The fourth-order valence-corrected chi connectivity index (χ4v) is 2.27. The van der Waals surface area contributed by atoms with E-state index in [1.165, 1.54) is 10.1 Å². The molecule has 2 rings (SSSR count). The van der Waals surface area contributed by atoms with Crippen molar-refractivity contribution < 1.29 is 4.79 Å². The minimum Gasteiger partial charge on any atom is -0.352 e. The number of aryl methyl sites for hydroxylation is 2. The summed E-state index contributed by atoms with van der Waals surface area (Å²) >= 11 is 5.83. The molecule has 5 heteroatoms. The van der Waals surface area contributed by atoms with Crippen molar-refractivity contribution in [1.82, 2.24) is 9.88 Å². The third kappa shape index (κ3) is 3.98. The summed E-state index contributed by atoms with van der Waals surface area (Å²) in [5, 5.41) is 3.50. The van der Waals surface area contributed by atoms with Crippen molar-refractivity contribution in [2.24, 2.45) is 7.05 Å². The van der Waals surface area contributed by atoms with Gasteiger partial charge in [-0.05, 0) is 49.6 Å². The number of pyridine rings is 1. The third-order valence-corrected chi connectivity index (χ3v) is 3.89. The molecule has 1 heterocycles. The van der Waals surface area contributed by atoms with Gasteiger partial charge in [0.15, 0.2) is 0 Å². The van der Waals surface area contributed by atoms with Crippen LogP contribution in [0.5, 0.6) is 0 Å². The molecule has 4 nitrogen and oxygen atoms in total. The quantitative estimate of drug-likeness (QED) is 0.862. The summed E-state index contributed by atoms with van der Waals surface area (Å²) in [6.07, 6.45) is 1.66. The first-order valence-electron chi connectivity index (χ1n) is 7.18. The Morgan fingerprint density at radius 2 is 1.86 bits per heavy atom. The average Bonchev–Trinajstić information content (AvgIpc) is 2.51. The summed E-state index contributed by atoms with van der Waals surface area (Å²) in [5.41, 5.74) is 1.91. The minimum atomic E-state index is -0.322. The van der Waals surface area contributed by atoms with Gasteiger partial charge in [-0.15, -0.1) is 0 Å². The summed E-state index contributed by atoms with van der Waals surface area (Å²) in [5.74, 6) is -0.322. The lowest BCUT2D eigenvalue weighted by Gasteiger charge is -2.08. The second-order valence-corrected chi connectivity index (χ2v) is 5.67. The van der Waals surface area contributed by atoms with Crippen molar-refractivity contribution in [2.45, 2.75) is 19.8 Å². The van der Waals surface area contributed by atoms with E-state index in [0.29, 0.717) is 11.6 Å². The van der Waals surface area contributed by atoms with Gasteiger partial charge < -0.3 is 9.88 Å². The summed E-state index contributed by atoms with van der Waals surface area (Å²) in [6, 6.07) is 11.0. The van der Waals surface area contributed by atoms with E-state index in [1.54, 1.807) is 19.2 Å². The molecule has 116 valence electrons. The number of aromatic nitrogens is 1. The van der Waals surface area contributed by atoms with E-state index >= 15 is 0 Å². The molecule has 0 unspecified atom stereocenters. The van der Waals surface area contributed by atoms with Crippen LogP contribution >= 0.6 is 11.6 Å². The molecule has 2 aromatic rings. The molecule has 1 aromatic carbocycles. The number of rotatable bonds is 5. The van der Waals surface area contributed by atoms with Gasteiger partial charge >= 0.3 is 0 Å². The van der Waals surface area contributed by atoms with E-state index in [9.17, 15) is 9.59 Å². The number of nitrogens with one attached hydrogen (secondary N) is 1. The highest BCUT2D eigenvalue weighted by atomic mass is 35.5. The molecule has 0 fully saturated rings. The lowest BCUT2D eigenvalue weighted by molar-refractivity contribution is 0.0951. The Labute approximate surface area is 134 Å². The monoisotopic (exact) mass is 318 g/mol. The Morgan fingerprint density at radius 3 is 2.55 bits per heavy atom. The first-order chi connectivity index (χ1) is 10.5. The van der Waals surface area contributed by atoms with Crippen LogP contribution in [0, 0.1) is 6.92 Å². The highest BCUT2D eigenvalue weighted by molar-refractivity contribution is 6.30. The maximum atomic E-state index is 12.0. The number of amides is 1. The second kappa shape index (κ2) is 7.27. The minimum absolute atomic E-state index is 0.180. The van der Waals surface area contributed by atoms with E-state index in [0.717, 1.165) is 18.5 Å². The molecule has 0 saturated heterocycles. The summed E-state index contributed by atoms with van der Waals surface area (Å²) in [7, 11) is 1.66. The molecular weight excluding hydrogens is 300 g/mol. The van der Waals surface area contributed by atoms with Crippen LogP contribution in [0.2, 0.25) is 5.02 Å². The zero-order valence-corrected chi connectivity index (χ0v) is 13.5. The van der Waals surface area contributed by atoms with E-state index in [4.69, 9.17) is 11.6 Å². The fraction of sp³-hybridized carbons (Fsp3) is 0.294. The Kier molecular flexibility index (Phi) is 5.39. The molecule has 22 heavy (non-hydrogen) atoms. The smallest absolute Gasteiger partial charge is 0.263 e. The van der Waals surface area contributed by atoms with Gasteiger partial charge in [-0.25, -0.2) is 0 Å². The van der Waals surface area contributed by atoms with Gasteiger partial charge in [-0.1, -0.05) is 23.7 Å². The maximum Gasteiger partial charge on any atom is 0.263 e. The summed E-state index contributed by atoms with van der Waals surface area (Å²) in [4.78, 5) is 24.0. The van der Waals surface area contributed by atoms with Gasteiger partial charge in [0.25, 0.3) is 11.5 Å². The van der Waals surface area contributed by atoms with E-state index < -0.39 is 0 Å². The Hall–Kier alpha value is -2.07. The van der Waals surface area contributed by atoms with E-state index in [2.05, 4.69) is 5.32 Å². The average molecular weight is 319 g/mol. The molecule has 0 saturated carbocycles. The molecule has 1 aromatic heterocycles. The fourth-order valence-electron chi connectivity index (χ4n) is 2.14. The molecule has 0 spiro atoms. The van der Waals surface area contributed by atoms with Crippen LogP contribution < -0.4 is 10.9 Å². The van der Waals surface area contributed by atoms with Crippen molar-refractivity contribution >= 4 is 17.5 Å². The zero-order chi connectivity index (χ0) is 16.1. The van der Waals surface area contributed by atoms with Crippen molar-refractivity contribution in [1.29, 1.82) is 0 Å². The number of carbonyl (C=O) groups excluding carboxylic acids is 1. The molecule has 1 amide bonds. The molecule has 0 aliphatic rings. The van der Waals surface area contributed by atoms with Gasteiger partial charge in [0.05, 0.1) is 0 Å². The highest BCUT2D eigenvalue weighted by Gasteiger charge is 2.11. The van der Waals surface area contributed by atoms with E-state index in [-0.39, 0.29) is 17.0 Å². The normalized spacial score (nSPS) is 10.5. The van der Waals surface area contributed by atoms with Gasteiger partial charge in [0.1, 0.15) is 5.56 Å². The van der Waals surface area contributed by atoms with Crippen LogP contribution in [0.4, 0.5) is 0 Å². The number of carbonyl (C=O) groups is 1. The van der Waals surface area contributed by atoms with Gasteiger partial charge in [0, 0.05) is 24.3 Å². The SMILES string of the molecule is Cc1ccc(C(=O)NCCCc2ccc(Cl)cc2)c(=O)n1C. The molecule has 0 bridgehead atoms. The Balaban J connectivity index is 1.87. The van der Waals surface area contributed by atoms with Crippen molar-refractivity contribution in [3.8, 4) is 0 Å². The van der Waals surface area contributed by atoms with Crippen molar-refractivity contribution in [3.63, 3.8) is 0 Å². The Bertz CT molecular complexity index is 720. The van der Waals surface area contributed by atoms with Crippen LogP contribution in [0.25, 0.3) is 0 Å². The number of nitrogens with zero attached hydrogens (tertiary/aromatic N) is 1. The van der Waals surface area contributed by atoms with Gasteiger partial charge in [-0.3, -0.25) is 9.59 Å². The predicted molar refractivity (Wildman–Crippen MR) is 88.5 cm³/mol. The van der Waals surface area contributed by atoms with Crippen LogP contribution in [-0.2, 0) is 13.5 Å². The number of hydrogen-bond donors (Lipinski definition) is 1. The molecule has 0 radical (unpaired) electrons. The van der Waals surface area contributed by atoms with Gasteiger partial charge in [0.2, 0.25) is 0 Å². The molecule has 1 N–H and O–H groups in total. The summed E-state index contributed by atoms with van der Waals surface area (Å²) < 4.78 is 1.47. The Morgan fingerprint density at radius 1 is 1.18 bits per heavy atom. The van der Waals surface area contributed by atoms with Crippen LogP contribution in [0.15, 0.2) is 41.2 Å². The molecular formula is C17H19ClN2O2. The van der Waals surface area contributed by atoms with Crippen molar-refractivity contribution in [2.75, 3.05) is 6.54 Å². The first-order valence-corrected chi connectivity index (χ1v) is 7.56. The van der Waals surface area contributed by atoms with Crippen molar-refractivity contribution in [3.05, 3.63) is 68.6 Å². The molecule has 0 atom stereocenters. The highest BCUT2D eigenvalue weighted by Crippen LogP contribution is 2.10. The lowest BCUT2D eigenvalue weighted by Crippen LogP contribution is -2.33. The third-order valence-electron chi connectivity index (χ3n) is 3.64. The topological polar surface area (TPSA) is 51.1 Å². The number of halogens is 1. The second-order valence-electron chi connectivity index (χ2n) is 5.24. The predicted octanol–water partition coefficient (Wildman–Crippen LogP) is 2.71. The first kappa shape index (κ1) is 16.3. The molecule has 0 aliphatic heterocycles. The van der Waals surface area contributed by atoms with Gasteiger partial charge in [-0.2, -0.15) is 0 Å². The largest absolute Gasteiger partial charge is 0.352 e. The lowest BCUT2D eigenvalue weighted by atomic mass is 10.1. The number of hydrogen-bond acceptors (Lipinski definition) is 2. The summed E-state index contributed by atoms with van der Waals surface area (Å²) in [6.45, 7) is 2.35. The standard InChI is InChI=1S/C17H19ClN2O2/c1-12-5-10-15(17(22)20(12)2)16(21)19-11-3-4-13-6-8-14(18)9-7-13/h5-10H,3-4,11H2,1-2H3,(H,19,21). The maximum absolute atomic E-state index is 12.0. The van der Waals surface area contributed by atoms with E-state index in [1.807, 2.05) is 31.2 Å². The van der Waals surface area contributed by atoms with Crippen LogP contribution in [-0.4, -0.2) is 17.0 Å². The molecule has 0 aliphatic carbocycles. The van der Waals surface area contributed by atoms with Crippen LogP contribution in [0.1, 0.15) is 28.0 Å². The van der Waals surface area contributed by atoms with Crippen LogP contribution in [0.3, 0.4) is 0 Å². The number of benzene rings is 1.